The van der Waals surface area contributed by atoms with E-state index in [1.54, 1.807) is 13.0 Å². The van der Waals surface area contributed by atoms with Crippen LogP contribution in [-0.2, 0) is 19.0 Å². The molecule has 0 radical (unpaired) electrons. The second-order valence-corrected chi connectivity index (χ2v) is 6.96. The number of aliphatic hydroxyl groups is 1. The largest absolute Gasteiger partial charge is 0.508 e. The number of aromatic hydroxyl groups is 1. The van der Waals surface area contributed by atoms with E-state index in [1.165, 1.54) is 24.3 Å². The van der Waals surface area contributed by atoms with Gasteiger partial charge in [-0.15, -0.1) is 0 Å². The number of hydrogen-bond acceptors (Lipinski definition) is 7. The number of aliphatic carboxylic acids is 1. The van der Waals surface area contributed by atoms with E-state index in [9.17, 15) is 19.8 Å². The lowest BCUT2D eigenvalue weighted by molar-refractivity contribution is -0.260. The average molecular weight is 408 g/mol. The van der Waals surface area contributed by atoms with Gasteiger partial charge in [0.2, 0.25) is 0 Å². The Labute approximate surface area is 169 Å². The summed E-state index contributed by atoms with van der Waals surface area (Å²) in [7, 11) is 0. The SMILES string of the molecule is CC1OC(OCCCCC/C=C/C(=O)O)[C@@H](O)C[C@H]1OC(=O)c1ccc(O)cc1. The first-order valence-corrected chi connectivity index (χ1v) is 9.71. The Balaban J connectivity index is 1.69. The Bertz CT molecular complexity index is 684. The first-order valence-electron chi connectivity index (χ1n) is 9.71. The zero-order valence-electron chi connectivity index (χ0n) is 16.4. The summed E-state index contributed by atoms with van der Waals surface area (Å²) in [4.78, 5) is 22.6. The summed E-state index contributed by atoms with van der Waals surface area (Å²) in [5.41, 5.74) is 0.307. The Morgan fingerprint density at radius 3 is 2.62 bits per heavy atom. The molecule has 0 aromatic heterocycles. The van der Waals surface area contributed by atoms with E-state index in [1.807, 2.05) is 0 Å². The summed E-state index contributed by atoms with van der Waals surface area (Å²) in [6.45, 7) is 2.17. The number of benzene rings is 1. The summed E-state index contributed by atoms with van der Waals surface area (Å²) in [6.07, 6.45) is 3.41. The number of hydrogen-bond donors (Lipinski definition) is 3. The molecule has 2 rings (SSSR count). The van der Waals surface area contributed by atoms with Crippen molar-refractivity contribution in [2.45, 2.75) is 63.6 Å². The van der Waals surface area contributed by atoms with Crippen molar-refractivity contribution in [2.75, 3.05) is 6.61 Å². The Hall–Kier alpha value is -2.42. The van der Waals surface area contributed by atoms with Gasteiger partial charge in [-0.2, -0.15) is 0 Å². The zero-order chi connectivity index (χ0) is 21.2. The van der Waals surface area contributed by atoms with Crippen LogP contribution >= 0.6 is 0 Å². The highest BCUT2D eigenvalue weighted by molar-refractivity contribution is 5.89. The van der Waals surface area contributed by atoms with E-state index in [-0.39, 0.29) is 12.2 Å². The maximum absolute atomic E-state index is 12.2. The van der Waals surface area contributed by atoms with Gasteiger partial charge in [-0.1, -0.05) is 12.5 Å². The number of carbonyl (C=O) groups is 2. The van der Waals surface area contributed by atoms with Crippen LogP contribution in [0.25, 0.3) is 0 Å². The lowest BCUT2D eigenvalue weighted by atomic mass is 10.0. The highest BCUT2D eigenvalue weighted by atomic mass is 16.7. The third kappa shape index (κ3) is 7.84. The standard InChI is InChI=1S/C21H28O8/c1-14-18(29-20(26)15-8-10-16(22)11-9-15)13-17(23)21(28-14)27-12-6-4-2-3-5-7-19(24)25/h5,7-11,14,17-18,21-23H,2-4,6,12-13H2,1H3,(H,24,25)/b7-5+/t14?,17-,18+,21?/m0/s1. The molecule has 29 heavy (non-hydrogen) atoms. The fraction of sp³-hybridized carbons (Fsp3) is 0.524. The van der Waals surface area contributed by atoms with Gasteiger partial charge in [-0.3, -0.25) is 0 Å². The van der Waals surface area contributed by atoms with Gasteiger partial charge in [-0.25, -0.2) is 9.59 Å². The second-order valence-electron chi connectivity index (χ2n) is 6.96. The zero-order valence-corrected chi connectivity index (χ0v) is 16.4. The molecule has 160 valence electrons. The lowest BCUT2D eigenvalue weighted by Gasteiger charge is -2.37. The molecule has 0 bridgehead atoms. The van der Waals surface area contributed by atoms with Crippen molar-refractivity contribution in [3.8, 4) is 5.75 Å². The molecule has 4 atom stereocenters. The van der Waals surface area contributed by atoms with Crippen molar-refractivity contribution in [1.29, 1.82) is 0 Å². The van der Waals surface area contributed by atoms with Crippen molar-refractivity contribution in [3.63, 3.8) is 0 Å². The molecule has 8 nitrogen and oxygen atoms in total. The van der Waals surface area contributed by atoms with E-state index < -0.39 is 36.5 Å². The number of carbonyl (C=O) groups excluding carboxylic acids is 1. The van der Waals surface area contributed by atoms with E-state index in [4.69, 9.17) is 19.3 Å². The molecule has 1 fully saturated rings. The maximum atomic E-state index is 12.2. The van der Waals surface area contributed by atoms with Crippen LogP contribution < -0.4 is 0 Å². The number of phenols is 1. The number of rotatable bonds is 10. The summed E-state index contributed by atoms with van der Waals surface area (Å²) in [5.74, 6) is -1.44. The van der Waals surface area contributed by atoms with Crippen LogP contribution in [0.4, 0.5) is 0 Å². The molecule has 1 aliphatic heterocycles. The van der Waals surface area contributed by atoms with Crippen LogP contribution in [0, 0.1) is 0 Å². The molecule has 2 unspecified atom stereocenters. The predicted molar refractivity (Wildman–Crippen MR) is 103 cm³/mol. The highest BCUT2D eigenvalue weighted by Gasteiger charge is 2.37. The van der Waals surface area contributed by atoms with Gasteiger partial charge in [-0.05, 0) is 50.5 Å². The topological polar surface area (TPSA) is 123 Å². The Morgan fingerprint density at radius 1 is 1.21 bits per heavy atom. The summed E-state index contributed by atoms with van der Waals surface area (Å²) in [5, 5.41) is 28.0. The van der Waals surface area contributed by atoms with Crippen LogP contribution in [-0.4, -0.2) is 58.5 Å². The van der Waals surface area contributed by atoms with E-state index >= 15 is 0 Å². The minimum atomic E-state index is -0.946. The van der Waals surface area contributed by atoms with Crippen molar-refractivity contribution in [3.05, 3.63) is 42.0 Å². The van der Waals surface area contributed by atoms with Gasteiger partial charge in [0.1, 0.15) is 18.0 Å². The number of phenolic OH excluding ortho intramolecular Hbond substituents is 1. The fourth-order valence-electron chi connectivity index (χ4n) is 2.95. The number of ether oxygens (including phenoxy) is 3. The van der Waals surface area contributed by atoms with Gasteiger partial charge >= 0.3 is 11.9 Å². The van der Waals surface area contributed by atoms with Crippen molar-refractivity contribution < 1.29 is 39.1 Å². The van der Waals surface area contributed by atoms with Crippen LogP contribution in [0.5, 0.6) is 5.75 Å². The second kappa shape index (κ2) is 11.5. The van der Waals surface area contributed by atoms with Gasteiger partial charge in [0.05, 0.1) is 11.7 Å². The molecule has 1 aliphatic rings. The molecular formula is C21H28O8. The van der Waals surface area contributed by atoms with Crippen molar-refractivity contribution >= 4 is 11.9 Å². The van der Waals surface area contributed by atoms with Gasteiger partial charge in [0, 0.05) is 19.1 Å². The van der Waals surface area contributed by atoms with E-state index in [2.05, 4.69) is 0 Å². The summed E-state index contributed by atoms with van der Waals surface area (Å²) >= 11 is 0. The van der Waals surface area contributed by atoms with E-state index in [0.717, 1.165) is 25.3 Å². The quantitative estimate of drug-likeness (QED) is 0.307. The molecule has 1 aromatic carbocycles. The lowest BCUT2D eigenvalue weighted by Crippen LogP contribution is -2.48. The van der Waals surface area contributed by atoms with Crippen LogP contribution in [0.1, 0.15) is 49.4 Å². The molecule has 0 saturated carbocycles. The number of carboxylic acids is 1. The average Bonchev–Trinajstić information content (AvgIpc) is 2.67. The summed E-state index contributed by atoms with van der Waals surface area (Å²) in [6, 6.07) is 5.73. The van der Waals surface area contributed by atoms with Gasteiger partial charge < -0.3 is 29.5 Å². The number of allylic oxidation sites excluding steroid dienone is 1. The number of esters is 1. The molecule has 0 aliphatic carbocycles. The van der Waals surface area contributed by atoms with Crippen LogP contribution in [0.3, 0.4) is 0 Å². The first-order chi connectivity index (χ1) is 13.9. The normalized spacial score (nSPS) is 24.5. The molecule has 1 aromatic rings. The van der Waals surface area contributed by atoms with Crippen LogP contribution in [0.2, 0.25) is 0 Å². The molecule has 8 heteroatoms. The molecule has 0 spiro atoms. The number of unbranched alkanes of at least 4 members (excludes halogenated alkanes) is 3. The Kier molecular flexibility index (Phi) is 9.11. The molecule has 0 amide bonds. The van der Waals surface area contributed by atoms with Crippen molar-refractivity contribution in [1.82, 2.24) is 0 Å². The van der Waals surface area contributed by atoms with Gasteiger partial charge in [0.15, 0.2) is 6.29 Å². The fourth-order valence-corrected chi connectivity index (χ4v) is 2.95. The third-order valence-electron chi connectivity index (χ3n) is 4.58. The van der Waals surface area contributed by atoms with Gasteiger partial charge in [0.25, 0.3) is 0 Å². The molecular weight excluding hydrogens is 380 g/mol. The maximum Gasteiger partial charge on any atom is 0.338 e. The monoisotopic (exact) mass is 408 g/mol. The molecule has 3 N–H and O–H groups in total. The predicted octanol–water partition coefficient (Wildman–Crippen LogP) is 2.63. The minimum Gasteiger partial charge on any atom is -0.508 e. The minimum absolute atomic E-state index is 0.0584. The van der Waals surface area contributed by atoms with Crippen LogP contribution in [0.15, 0.2) is 36.4 Å². The van der Waals surface area contributed by atoms with Crippen molar-refractivity contribution in [2.24, 2.45) is 0 Å². The molecule has 1 saturated heterocycles. The number of carboxylic acid groups (broad SMARTS) is 1. The first kappa shape index (κ1) is 22.9. The summed E-state index contributed by atoms with van der Waals surface area (Å²) < 4.78 is 16.7. The van der Waals surface area contributed by atoms with E-state index in [0.29, 0.717) is 18.6 Å². The third-order valence-corrected chi connectivity index (χ3v) is 4.58. The number of aliphatic hydroxyl groups excluding tert-OH is 1. The highest BCUT2D eigenvalue weighted by Crippen LogP contribution is 2.25. The smallest absolute Gasteiger partial charge is 0.338 e. The Morgan fingerprint density at radius 2 is 1.93 bits per heavy atom. The molecule has 1 heterocycles.